The number of piperidine rings is 2. The first-order chi connectivity index (χ1) is 11.1. The van der Waals surface area contributed by atoms with Crippen molar-refractivity contribution in [2.45, 2.75) is 50.2 Å². The second kappa shape index (κ2) is 7.11. The number of amides is 2. The molecule has 3 aliphatic heterocycles. The average molecular weight is 370 g/mol. The van der Waals surface area contributed by atoms with E-state index in [1.54, 1.807) is 0 Å². The molecule has 2 unspecified atom stereocenters. The zero-order valence-corrected chi connectivity index (χ0v) is 15.6. The maximum Gasteiger partial charge on any atom is 0.324 e. The summed E-state index contributed by atoms with van der Waals surface area (Å²) in [6, 6.07) is 9.47. The van der Waals surface area contributed by atoms with E-state index < -0.39 is 0 Å². The summed E-state index contributed by atoms with van der Waals surface area (Å²) in [6.07, 6.45) is 6.16. The number of hydrogen-bond donors (Lipinski definition) is 0. The monoisotopic (exact) mass is 369 g/mol. The number of halogens is 2. The number of nitrogens with zero attached hydrogens (tertiary/aromatic N) is 3. The molecule has 0 N–H and O–H groups in total. The molecule has 3 fully saturated rings. The second-order valence-electron chi connectivity index (χ2n) is 7.14. The van der Waals surface area contributed by atoms with Crippen LogP contribution in [0.2, 0.25) is 5.02 Å². The maximum atomic E-state index is 12.9. The number of carbonyl (C=O) groups excluding carboxylic acids is 1. The van der Waals surface area contributed by atoms with Gasteiger partial charge < -0.3 is 9.80 Å². The summed E-state index contributed by atoms with van der Waals surface area (Å²) in [7, 11) is 2.26. The molecule has 24 heavy (non-hydrogen) atoms. The maximum absolute atomic E-state index is 12.9. The molecular weight excluding hydrogens is 345 g/mol. The first-order valence-corrected chi connectivity index (χ1v) is 9.07. The van der Waals surface area contributed by atoms with Crippen LogP contribution < -0.4 is 4.90 Å². The van der Waals surface area contributed by atoms with Crippen molar-refractivity contribution in [3.8, 4) is 0 Å². The van der Waals surface area contributed by atoms with E-state index in [1.807, 2.05) is 29.2 Å². The Hall–Kier alpha value is -0.970. The number of anilines is 1. The van der Waals surface area contributed by atoms with Crippen LogP contribution in [-0.4, -0.2) is 54.1 Å². The number of urea groups is 1. The van der Waals surface area contributed by atoms with Crippen LogP contribution >= 0.6 is 24.0 Å². The van der Waals surface area contributed by atoms with Crippen LogP contribution in [0.25, 0.3) is 0 Å². The quantitative estimate of drug-likeness (QED) is 0.786. The van der Waals surface area contributed by atoms with E-state index in [2.05, 4.69) is 16.8 Å². The van der Waals surface area contributed by atoms with Gasteiger partial charge in [-0.25, -0.2) is 4.79 Å². The molecule has 3 saturated heterocycles. The van der Waals surface area contributed by atoms with Crippen molar-refractivity contribution < 1.29 is 4.79 Å². The smallest absolute Gasteiger partial charge is 0.319 e. The Labute approximate surface area is 155 Å². The summed E-state index contributed by atoms with van der Waals surface area (Å²) >= 11 is 6.08. The third-order valence-electron chi connectivity index (χ3n) is 5.92. The van der Waals surface area contributed by atoms with E-state index in [9.17, 15) is 4.79 Å². The van der Waals surface area contributed by atoms with E-state index in [0.717, 1.165) is 31.6 Å². The molecule has 2 amide bonds. The Morgan fingerprint density at radius 1 is 1.08 bits per heavy atom. The van der Waals surface area contributed by atoms with Crippen LogP contribution in [0.3, 0.4) is 0 Å². The Morgan fingerprint density at radius 2 is 1.79 bits per heavy atom. The summed E-state index contributed by atoms with van der Waals surface area (Å²) in [5.74, 6) is 0. The Kier molecular flexibility index (Phi) is 5.28. The van der Waals surface area contributed by atoms with Gasteiger partial charge in [-0.1, -0.05) is 24.1 Å². The van der Waals surface area contributed by atoms with Gasteiger partial charge in [0.25, 0.3) is 0 Å². The third-order valence-corrected chi connectivity index (χ3v) is 6.15. The molecule has 0 saturated carbocycles. The molecule has 4 rings (SSSR count). The molecule has 132 valence electrons. The molecule has 1 aromatic carbocycles. The van der Waals surface area contributed by atoms with Gasteiger partial charge in [0, 0.05) is 41.9 Å². The second-order valence-corrected chi connectivity index (χ2v) is 7.57. The predicted octanol–water partition coefficient (Wildman–Crippen LogP) is 4.02. The van der Waals surface area contributed by atoms with Gasteiger partial charge in [0.15, 0.2) is 0 Å². The van der Waals surface area contributed by atoms with Crippen molar-refractivity contribution >= 4 is 35.7 Å². The van der Waals surface area contributed by atoms with E-state index in [0.29, 0.717) is 23.1 Å². The highest BCUT2D eigenvalue weighted by atomic mass is 35.5. The first-order valence-electron chi connectivity index (χ1n) is 8.69. The van der Waals surface area contributed by atoms with Crippen LogP contribution in [-0.2, 0) is 0 Å². The summed E-state index contributed by atoms with van der Waals surface area (Å²) in [5.41, 5.74) is 0.915. The lowest BCUT2D eigenvalue weighted by Gasteiger charge is -2.48. The lowest BCUT2D eigenvalue weighted by atomic mass is 9.82. The van der Waals surface area contributed by atoms with Crippen LogP contribution in [0, 0.1) is 0 Å². The van der Waals surface area contributed by atoms with Crippen molar-refractivity contribution in [2.75, 3.05) is 25.0 Å². The molecule has 2 bridgehead atoms. The largest absolute Gasteiger partial charge is 0.324 e. The van der Waals surface area contributed by atoms with Crippen molar-refractivity contribution in [2.24, 2.45) is 0 Å². The van der Waals surface area contributed by atoms with Gasteiger partial charge in [-0.05, 0) is 50.9 Å². The van der Waals surface area contributed by atoms with E-state index in [4.69, 9.17) is 11.6 Å². The zero-order valence-electron chi connectivity index (χ0n) is 14.0. The predicted molar refractivity (Wildman–Crippen MR) is 100 cm³/mol. The van der Waals surface area contributed by atoms with Gasteiger partial charge in [-0.2, -0.15) is 0 Å². The molecule has 0 aliphatic carbocycles. The van der Waals surface area contributed by atoms with Crippen molar-refractivity contribution in [1.82, 2.24) is 9.80 Å². The van der Waals surface area contributed by atoms with E-state index >= 15 is 0 Å². The zero-order chi connectivity index (χ0) is 16.0. The average Bonchev–Trinajstić information content (AvgIpc) is 2.89. The fraction of sp³-hybridized carbons (Fsp3) is 0.611. The molecule has 6 heteroatoms. The molecule has 3 heterocycles. The standard InChI is InChI=1S/C18H24ClN3O.ClH/c1-20-14-5-3-6-15(20)12-17(11-14)22-9-8-21(18(22)23)16-7-2-4-13(19)10-16;/h2,4,7,10,14-15,17H,3,5-6,8-9,11-12H2,1H3;1H. The summed E-state index contributed by atoms with van der Waals surface area (Å²) < 4.78 is 0. The summed E-state index contributed by atoms with van der Waals surface area (Å²) in [6.45, 7) is 1.60. The minimum atomic E-state index is 0. The number of hydrogen-bond acceptors (Lipinski definition) is 2. The highest BCUT2D eigenvalue weighted by molar-refractivity contribution is 6.30. The molecular formula is C18H25Cl2N3O. The normalized spacial score (nSPS) is 30.4. The Bertz CT molecular complexity index is 598. The fourth-order valence-electron chi connectivity index (χ4n) is 4.62. The van der Waals surface area contributed by atoms with Gasteiger partial charge >= 0.3 is 6.03 Å². The van der Waals surface area contributed by atoms with Crippen LogP contribution in [0.1, 0.15) is 32.1 Å². The van der Waals surface area contributed by atoms with Crippen molar-refractivity contribution in [3.63, 3.8) is 0 Å². The highest BCUT2D eigenvalue weighted by Crippen LogP contribution is 2.36. The lowest BCUT2D eigenvalue weighted by molar-refractivity contribution is 0.0251. The van der Waals surface area contributed by atoms with Gasteiger partial charge in [-0.3, -0.25) is 4.90 Å². The van der Waals surface area contributed by atoms with Gasteiger partial charge in [0.05, 0.1) is 0 Å². The number of fused-ring (bicyclic) bond motifs is 2. The van der Waals surface area contributed by atoms with Gasteiger partial charge in [0.2, 0.25) is 0 Å². The highest BCUT2D eigenvalue weighted by Gasteiger charge is 2.42. The molecule has 2 atom stereocenters. The van der Waals surface area contributed by atoms with Gasteiger partial charge in [-0.15, -0.1) is 12.4 Å². The van der Waals surface area contributed by atoms with E-state index in [-0.39, 0.29) is 18.4 Å². The lowest BCUT2D eigenvalue weighted by Crippen LogP contribution is -2.56. The molecule has 0 aromatic heterocycles. The van der Waals surface area contributed by atoms with Gasteiger partial charge in [0.1, 0.15) is 0 Å². The van der Waals surface area contributed by atoms with E-state index in [1.165, 1.54) is 19.3 Å². The van der Waals surface area contributed by atoms with Crippen LogP contribution in [0.15, 0.2) is 24.3 Å². The van der Waals surface area contributed by atoms with Crippen LogP contribution in [0.5, 0.6) is 0 Å². The molecule has 1 aromatic rings. The minimum absolute atomic E-state index is 0. The number of carbonyl (C=O) groups is 1. The molecule has 3 aliphatic rings. The topological polar surface area (TPSA) is 26.8 Å². The SMILES string of the molecule is CN1C2CCCC1CC(N1CCN(c3cccc(Cl)c3)C1=O)C2.Cl. The number of benzene rings is 1. The Morgan fingerprint density at radius 3 is 2.46 bits per heavy atom. The molecule has 0 spiro atoms. The van der Waals surface area contributed by atoms with Crippen molar-refractivity contribution in [3.05, 3.63) is 29.3 Å². The Balaban J connectivity index is 0.00000169. The van der Waals surface area contributed by atoms with Crippen molar-refractivity contribution in [1.29, 1.82) is 0 Å². The number of rotatable bonds is 2. The minimum Gasteiger partial charge on any atom is -0.319 e. The molecule has 4 nitrogen and oxygen atoms in total. The third kappa shape index (κ3) is 3.12. The summed E-state index contributed by atoms with van der Waals surface area (Å²) in [4.78, 5) is 19.4. The van der Waals surface area contributed by atoms with Crippen LogP contribution in [0.4, 0.5) is 10.5 Å². The summed E-state index contributed by atoms with van der Waals surface area (Å²) in [5, 5.41) is 0.683. The first kappa shape index (κ1) is 17.8. The molecule has 0 radical (unpaired) electrons. The fourth-order valence-corrected chi connectivity index (χ4v) is 4.80.